The minimum atomic E-state index is -0.461. The number of rotatable bonds is 4. The molecule has 8 heteroatoms. The molecule has 1 saturated carbocycles. The predicted octanol–water partition coefficient (Wildman–Crippen LogP) is 2.39. The molecule has 0 aromatic carbocycles. The summed E-state index contributed by atoms with van der Waals surface area (Å²) in [4.78, 5) is 23.4. The van der Waals surface area contributed by atoms with Crippen molar-refractivity contribution in [1.82, 2.24) is 5.32 Å². The van der Waals surface area contributed by atoms with Crippen LogP contribution in [0.25, 0.3) is 0 Å². The van der Waals surface area contributed by atoms with Gasteiger partial charge in [0.05, 0.1) is 20.2 Å². The molecule has 1 aliphatic carbocycles. The van der Waals surface area contributed by atoms with E-state index in [1.54, 1.807) is 6.92 Å². The summed E-state index contributed by atoms with van der Waals surface area (Å²) in [5.41, 5.74) is 5.43. The van der Waals surface area contributed by atoms with E-state index in [1.807, 2.05) is 0 Å². The molecule has 0 aliphatic heterocycles. The normalized spacial score (nSPS) is 16.5. The molecule has 112 valence electrons. The number of amides is 1. The van der Waals surface area contributed by atoms with Gasteiger partial charge in [0.1, 0.15) is 0 Å². The van der Waals surface area contributed by atoms with Crippen molar-refractivity contribution in [3.05, 3.63) is 25.9 Å². The van der Waals surface area contributed by atoms with E-state index in [1.165, 1.54) is 6.07 Å². The van der Waals surface area contributed by atoms with Crippen LogP contribution < -0.4 is 11.1 Å². The number of aryl methyl sites for hydroxylation is 1. The van der Waals surface area contributed by atoms with Crippen LogP contribution in [0.1, 0.15) is 40.2 Å². The summed E-state index contributed by atoms with van der Waals surface area (Å²) in [7, 11) is 0. The van der Waals surface area contributed by atoms with Crippen molar-refractivity contribution in [3.8, 4) is 0 Å². The summed E-state index contributed by atoms with van der Waals surface area (Å²) in [6.07, 6.45) is 3.87. The number of nitro groups is 1. The lowest BCUT2D eigenvalue weighted by atomic mass is 9.98. The Kier molecular flexibility index (Phi) is 5.50. The van der Waals surface area contributed by atoms with Crippen molar-refractivity contribution in [3.63, 3.8) is 0 Å². The second kappa shape index (κ2) is 6.51. The largest absolute Gasteiger partial charge is 0.345 e. The zero-order chi connectivity index (χ0) is 14.0. The SMILES string of the molecule is Cc1sc(C(=O)NC2(CN)CCCC2)cc1[N+](=O)[O-].Cl. The van der Waals surface area contributed by atoms with E-state index in [0.29, 0.717) is 16.3 Å². The Hall–Kier alpha value is -1.18. The van der Waals surface area contributed by atoms with Crippen LogP contribution in [-0.2, 0) is 0 Å². The highest BCUT2D eigenvalue weighted by molar-refractivity contribution is 7.14. The number of thiophene rings is 1. The van der Waals surface area contributed by atoms with Crippen molar-refractivity contribution >= 4 is 35.3 Å². The zero-order valence-electron chi connectivity index (χ0n) is 11.2. The predicted molar refractivity (Wildman–Crippen MR) is 80.7 cm³/mol. The topological polar surface area (TPSA) is 98.3 Å². The summed E-state index contributed by atoms with van der Waals surface area (Å²) in [5, 5.41) is 13.7. The molecule has 0 bridgehead atoms. The van der Waals surface area contributed by atoms with Gasteiger partial charge in [0.2, 0.25) is 0 Å². The third kappa shape index (κ3) is 3.28. The van der Waals surface area contributed by atoms with Crippen molar-refractivity contribution < 1.29 is 9.72 Å². The molecule has 0 saturated heterocycles. The monoisotopic (exact) mass is 319 g/mol. The smallest absolute Gasteiger partial charge is 0.283 e. The van der Waals surface area contributed by atoms with Crippen LogP contribution in [0, 0.1) is 17.0 Å². The number of halogens is 1. The third-order valence-electron chi connectivity index (χ3n) is 3.64. The van der Waals surface area contributed by atoms with Gasteiger partial charge in [-0.3, -0.25) is 14.9 Å². The third-order valence-corrected chi connectivity index (χ3v) is 4.68. The molecule has 1 amide bonds. The molecule has 0 atom stereocenters. The quantitative estimate of drug-likeness (QED) is 0.657. The Morgan fingerprint density at radius 3 is 2.60 bits per heavy atom. The summed E-state index contributed by atoms with van der Waals surface area (Å²) in [6, 6.07) is 1.34. The average Bonchev–Trinajstić information content (AvgIpc) is 2.96. The lowest BCUT2D eigenvalue weighted by molar-refractivity contribution is -0.385. The van der Waals surface area contributed by atoms with Crippen LogP contribution in [0.5, 0.6) is 0 Å². The standard InChI is InChI=1S/C12H17N3O3S.ClH/c1-8-9(15(17)18)6-10(19-8)11(16)14-12(7-13)4-2-3-5-12;/h6H,2-5,7,13H2,1H3,(H,14,16);1H. The van der Waals surface area contributed by atoms with E-state index >= 15 is 0 Å². The minimum absolute atomic E-state index is 0. The van der Waals surface area contributed by atoms with Gasteiger partial charge >= 0.3 is 0 Å². The van der Waals surface area contributed by atoms with Crippen molar-refractivity contribution in [2.24, 2.45) is 5.73 Å². The van der Waals surface area contributed by atoms with Crippen LogP contribution in [-0.4, -0.2) is 22.9 Å². The second-order valence-corrected chi connectivity index (χ2v) is 6.21. The van der Waals surface area contributed by atoms with Gasteiger partial charge in [-0.1, -0.05) is 12.8 Å². The lowest BCUT2D eigenvalue weighted by Gasteiger charge is -2.28. The summed E-state index contributed by atoms with van der Waals surface area (Å²) in [5.74, 6) is -0.256. The first-order valence-corrected chi connectivity index (χ1v) is 7.06. The average molecular weight is 320 g/mol. The molecule has 3 N–H and O–H groups in total. The number of hydrogen-bond donors (Lipinski definition) is 2. The molecule has 2 rings (SSSR count). The highest BCUT2D eigenvalue weighted by Gasteiger charge is 2.34. The number of nitrogens with one attached hydrogen (secondary N) is 1. The van der Waals surface area contributed by atoms with Crippen LogP contribution in [0.3, 0.4) is 0 Å². The minimum Gasteiger partial charge on any atom is -0.345 e. The van der Waals surface area contributed by atoms with Crippen molar-refractivity contribution in [1.29, 1.82) is 0 Å². The molecule has 1 fully saturated rings. The Bertz CT molecular complexity index is 512. The lowest BCUT2D eigenvalue weighted by Crippen LogP contribution is -2.51. The number of carbonyl (C=O) groups is 1. The Balaban J connectivity index is 0.00000200. The van der Waals surface area contributed by atoms with Gasteiger partial charge in [-0.05, 0) is 19.8 Å². The maximum atomic E-state index is 12.2. The summed E-state index contributed by atoms with van der Waals surface area (Å²) in [6.45, 7) is 2.05. The van der Waals surface area contributed by atoms with E-state index in [2.05, 4.69) is 5.32 Å². The molecular weight excluding hydrogens is 302 g/mol. The van der Waals surface area contributed by atoms with Gasteiger partial charge in [0.25, 0.3) is 11.6 Å². The van der Waals surface area contributed by atoms with Crippen LogP contribution in [0.2, 0.25) is 0 Å². The van der Waals surface area contributed by atoms with E-state index in [-0.39, 0.29) is 29.5 Å². The Morgan fingerprint density at radius 2 is 2.15 bits per heavy atom. The second-order valence-electron chi connectivity index (χ2n) is 4.95. The van der Waals surface area contributed by atoms with Gasteiger partial charge in [-0.25, -0.2) is 0 Å². The van der Waals surface area contributed by atoms with Gasteiger partial charge in [0.15, 0.2) is 0 Å². The van der Waals surface area contributed by atoms with Crippen LogP contribution in [0.4, 0.5) is 5.69 Å². The number of nitrogens with zero attached hydrogens (tertiary/aromatic N) is 1. The van der Waals surface area contributed by atoms with E-state index < -0.39 is 4.92 Å². The first kappa shape index (κ1) is 16.9. The van der Waals surface area contributed by atoms with Gasteiger partial charge in [-0.2, -0.15) is 0 Å². The van der Waals surface area contributed by atoms with Crippen LogP contribution in [0.15, 0.2) is 6.07 Å². The highest BCUT2D eigenvalue weighted by atomic mass is 35.5. The highest BCUT2D eigenvalue weighted by Crippen LogP contribution is 2.31. The van der Waals surface area contributed by atoms with Gasteiger partial charge in [-0.15, -0.1) is 23.7 Å². The fourth-order valence-electron chi connectivity index (χ4n) is 2.50. The molecule has 0 radical (unpaired) electrons. The van der Waals surface area contributed by atoms with Crippen LogP contribution >= 0.6 is 23.7 Å². The fourth-order valence-corrected chi connectivity index (χ4v) is 3.38. The Labute approximate surface area is 127 Å². The maximum absolute atomic E-state index is 12.2. The molecule has 1 aliphatic rings. The van der Waals surface area contributed by atoms with Gasteiger partial charge < -0.3 is 11.1 Å². The first-order chi connectivity index (χ1) is 8.97. The van der Waals surface area contributed by atoms with Crippen molar-refractivity contribution in [2.45, 2.75) is 38.1 Å². The molecule has 1 aromatic heterocycles. The molecule has 1 aromatic rings. The summed E-state index contributed by atoms with van der Waals surface area (Å²) >= 11 is 1.15. The molecule has 0 unspecified atom stereocenters. The number of carbonyl (C=O) groups excluding carboxylic acids is 1. The number of nitrogens with two attached hydrogens (primary N) is 1. The summed E-state index contributed by atoms with van der Waals surface area (Å²) < 4.78 is 0. The molecule has 0 spiro atoms. The fraction of sp³-hybridized carbons (Fsp3) is 0.583. The molecule has 20 heavy (non-hydrogen) atoms. The van der Waals surface area contributed by atoms with Crippen molar-refractivity contribution in [2.75, 3.05) is 6.54 Å². The molecule has 6 nitrogen and oxygen atoms in total. The maximum Gasteiger partial charge on any atom is 0.283 e. The van der Waals surface area contributed by atoms with E-state index in [4.69, 9.17) is 5.73 Å². The number of hydrogen-bond acceptors (Lipinski definition) is 5. The first-order valence-electron chi connectivity index (χ1n) is 6.25. The van der Waals surface area contributed by atoms with E-state index in [0.717, 1.165) is 37.0 Å². The molecule has 1 heterocycles. The van der Waals surface area contributed by atoms with E-state index in [9.17, 15) is 14.9 Å². The zero-order valence-corrected chi connectivity index (χ0v) is 12.8. The van der Waals surface area contributed by atoms with Gasteiger partial charge in [0, 0.05) is 12.6 Å². The molecular formula is C12H18ClN3O3S. The Morgan fingerprint density at radius 1 is 1.55 bits per heavy atom.